The molecule has 0 saturated carbocycles. The molecule has 1 saturated heterocycles. The second-order valence-corrected chi connectivity index (χ2v) is 10.9. The molecular weight excluding hydrogens is 464 g/mol. The summed E-state index contributed by atoms with van der Waals surface area (Å²) in [6.07, 6.45) is 6.44. The summed E-state index contributed by atoms with van der Waals surface area (Å²) in [6.45, 7) is 0.993. The molecule has 8 nitrogen and oxygen atoms in total. The van der Waals surface area contributed by atoms with Crippen LogP contribution < -0.4 is 5.69 Å². The lowest BCUT2D eigenvalue weighted by molar-refractivity contribution is -0.132. The first-order valence-corrected chi connectivity index (χ1v) is 12.8. The van der Waals surface area contributed by atoms with Gasteiger partial charge < -0.3 is 9.88 Å². The van der Waals surface area contributed by atoms with Gasteiger partial charge in [-0.2, -0.15) is 0 Å². The Balaban J connectivity index is 1.20. The molecule has 1 aliphatic rings. The topological polar surface area (TPSA) is 96.7 Å². The zero-order valence-electron chi connectivity index (χ0n) is 17.8. The number of aromatic amines is 1. The Bertz CT molecular complexity index is 1510. The maximum absolute atomic E-state index is 12.8. The minimum Gasteiger partial charge on any atom is -0.345 e. The summed E-state index contributed by atoms with van der Waals surface area (Å²) in [5.74, 6) is -0.421. The molecule has 1 N–H and O–H groups in total. The van der Waals surface area contributed by atoms with Gasteiger partial charge in [-0.3, -0.25) is 13.8 Å². The molecule has 33 heavy (non-hydrogen) atoms. The normalized spacial score (nSPS) is 15.5. The highest BCUT2D eigenvalue weighted by Gasteiger charge is 2.26. The Hall–Kier alpha value is -3.04. The van der Waals surface area contributed by atoms with Gasteiger partial charge in [-0.05, 0) is 47.9 Å². The number of nitrogens with zero attached hydrogens (tertiary/aromatic N) is 3. The number of imidazole rings is 2. The van der Waals surface area contributed by atoms with Crippen LogP contribution in [0.5, 0.6) is 0 Å². The van der Waals surface area contributed by atoms with Crippen molar-refractivity contribution in [3.8, 4) is 0 Å². The first-order chi connectivity index (χ1) is 15.8. The van der Waals surface area contributed by atoms with Gasteiger partial charge in [0.15, 0.2) is 9.84 Å². The average molecular weight is 487 g/mol. The number of aromatic nitrogens is 3. The fraction of sp³-hybridized carbons (Fsp3) is 0.304. The molecule has 2 aromatic heterocycles. The zero-order valence-corrected chi connectivity index (χ0v) is 19.3. The molecule has 1 amide bonds. The van der Waals surface area contributed by atoms with Gasteiger partial charge >= 0.3 is 5.69 Å². The highest BCUT2D eigenvalue weighted by atomic mass is 35.5. The van der Waals surface area contributed by atoms with Crippen molar-refractivity contribution < 1.29 is 13.2 Å². The van der Waals surface area contributed by atoms with Crippen molar-refractivity contribution in [3.05, 3.63) is 70.5 Å². The van der Waals surface area contributed by atoms with Crippen LogP contribution in [-0.2, 0) is 14.6 Å². The predicted octanol–water partition coefficient (Wildman–Crippen LogP) is 3.26. The highest BCUT2D eigenvalue weighted by Crippen LogP contribution is 2.25. The number of hydrogen-bond acceptors (Lipinski definition) is 4. The molecule has 0 unspecified atom stereocenters. The van der Waals surface area contributed by atoms with Crippen LogP contribution in [0.1, 0.15) is 25.3 Å². The fourth-order valence-electron chi connectivity index (χ4n) is 4.47. The molecule has 4 aromatic rings. The number of carbonyl (C=O) groups is 1. The number of fused-ring (bicyclic) bond motifs is 2. The van der Waals surface area contributed by atoms with Gasteiger partial charge in [-0.15, -0.1) is 0 Å². The van der Waals surface area contributed by atoms with Gasteiger partial charge in [-0.25, -0.2) is 13.2 Å². The summed E-state index contributed by atoms with van der Waals surface area (Å²) in [5, 5.41) is 2.23. The molecule has 0 atom stereocenters. The van der Waals surface area contributed by atoms with Crippen LogP contribution in [0.25, 0.3) is 16.4 Å². The minimum absolute atomic E-state index is 0.0182. The lowest BCUT2D eigenvalue weighted by Gasteiger charge is -2.32. The summed E-state index contributed by atoms with van der Waals surface area (Å²) in [4.78, 5) is 30.1. The van der Waals surface area contributed by atoms with Crippen molar-refractivity contribution in [1.29, 1.82) is 0 Å². The van der Waals surface area contributed by atoms with Gasteiger partial charge in [0, 0.05) is 43.0 Å². The SMILES string of the molecule is O=C(CCS(=O)(=O)c1ccc2cc(Cl)ccc2c1)N1CCC(n2cc3[nH]ccn3c2=O)CC1. The van der Waals surface area contributed by atoms with E-state index in [1.54, 1.807) is 68.9 Å². The zero-order chi connectivity index (χ0) is 23.2. The number of piperidine rings is 1. The molecule has 10 heteroatoms. The van der Waals surface area contributed by atoms with Gasteiger partial charge in [0.25, 0.3) is 0 Å². The number of amides is 1. The lowest BCUT2D eigenvalue weighted by atomic mass is 10.0. The molecule has 2 aromatic carbocycles. The molecular formula is C23H23ClN4O4S. The second kappa shape index (κ2) is 8.39. The number of halogens is 1. The molecule has 1 aliphatic heterocycles. The van der Waals surface area contributed by atoms with Crippen LogP contribution in [0.2, 0.25) is 5.02 Å². The minimum atomic E-state index is -3.60. The van der Waals surface area contributed by atoms with Crippen molar-refractivity contribution in [2.75, 3.05) is 18.8 Å². The number of H-pyrrole nitrogens is 1. The van der Waals surface area contributed by atoms with E-state index >= 15 is 0 Å². The van der Waals surface area contributed by atoms with Crippen LogP contribution in [0.4, 0.5) is 0 Å². The first kappa shape index (κ1) is 21.8. The third-order valence-corrected chi connectivity index (χ3v) is 8.28. The Morgan fingerprint density at radius 1 is 1.09 bits per heavy atom. The Kier molecular flexibility index (Phi) is 5.54. The van der Waals surface area contributed by atoms with Crippen molar-refractivity contribution in [2.45, 2.75) is 30.2 Å². The molecule has 3 heterocycles. The van der Waals surface area contributed by atoms with Crippen molar-refractivity contribution in [1.82, 2.24) is 18.9 Å². The van der Waals surface area contributed by atoms with Crippen molar-refractivity contribution >= 4 is 43.8 Å². The lowest BCUT2D eigenvalue weighted by Crippen LogP contribution is -2.41. The van der Waals surface area contributed by atoms with E-state index in [-0.39, 0.29) is 34.7 Å². The average Bonchev–Trinajstić information content (AvgIpc) is 3.40. The maximum Gasteiger partial charge on any atom is 0.334 e. The Morgan fingerprint density at radius 3 is 2.58 bits per heavy atom. The summed E-state index contributed by atoms with van der Waals surface area (Å²) in [6, 6.07) is 10.2. The molecule has 0 spiro atoms. The van der Waals surface area contributed by atoms with E-state index in [1.165, 1.54) is 0 Å². The van der Waals surface area contributed by atoms with Crippen molar-refractivity contribution in [2.24, 2.45) is 0 Å². The van der Waals surface area contributed by atoms with Crippen LogP contribution in [0.15, 0.2) is 64.7 Å². The van der Waals surface area contributed by atoms with E-state index in [1.807, 2.05) is 0 Å². The molecule has 5 rings (SSSR count). The largest absolute Gasteiger partial charge is 0.345 e. The Morgan fingerprint density at radius 2 is 1.82 bits per heavy atom. The predicted molar refractivity (Wildman–Crippen MR) is 126 cm³/mol. The number of hydrogen-bond donors (Lipinski definition) is 1. The maximum atomic E-state index is 12.8. The Labute approximate surface area is 195 Å². The highest BCUT2D eigenvalue weighted by molar-refractivity contribution is 7.91. The van der Waals surface area contributed by atoms with Crippen molar-refractivity contribution in [3.63, 3.8) is 0 Å². The smallest absolute Gasteiger partial charge is 0.334 e. The van der Waals surface area contributed by atoms with E-state index in [9.17, 15) is 18.0 Å². The molecule has 172 valence electrons. The standard InChI is InChI=1S/C23H23ClN4O4S/c24-18-3-1-17-14-20(4-2-16(17)13-18)33(31,32)12-7-22(29)26-9-5-19(6-10-26)28-15-21-25-8-11-27(21)23(28)30/h1-4,8,11,13-15,19,25H,5-7,9-10,12H2. The van der Waals surface area contributed by atoms with Crippen LogP contribution in [-0.4, -0.2) is 52.0 Å². The second-order valence-electron chi connectivity index (χ2n) is 8.37. The third kappa shape index (κ3) is 4.18. The van der Waals surface area contributed by atoms with E-state index in [0.717, 1.165) is 16.4 Å². The van der Waals surface area contributed by atoms with E-state index in [0.29, 0.717) is 31.0 Å². The number of benzene rings is 2. The molecule has 0 aliphatic carbocycles. The monoisotopic (exact) mass is 486 g/mol. The van der Waals surface area contributed by atoms with Crippen LogP contribution >= 0.6 is 11.6 Å². The fourth-order valence-corrected chi connectivity index (χ4v) is 5.91. The third-order valence-electron chi connectivity index (χ3n) is 6.33. The quantitative estimate of drug-likeness (QED) is 0.468. The summed E-state index contributed by atoms with van der Waals surface area (Å²) in [7, 11) is -3.60. The number of sulfone groups is 1. The van der Waals surface area contributed by atoms with Gasteiger partial charge in [-0.1, -0.05) is 23.7 Å². The summed E-state index contributed by atoms with van der Waals surface area (Å²) < 4.78 is 28.9. The van der Waals surface area contributed by atoms with Crippen LogP contribution in [0, 0.1) is 0 Å². The van der Waals surface area contributed by atoms with Gasteiger partial charge in [0.2, 0.25) is 5.91 Å². The van der Waals surface area contributed by atoms with Crippen LogP contribution in [0.3, 0.4) is 0 Å². The van der Waals surface area contributed by atoms with Gasteiger partial charge in [0.1, 0.15) is 5.65 Å². The summed E-state index contributed by atoms with van der Waals surface area (Å²) >= 11 is 5.99. The first-order valence-electron chi connectivity index (χ1n) is 10.8. The molecule has 0 radical (unpaired) electrons. The number of carbonyl (C=O) groups excluding carboxylic acids is 1. The van der Waals surface area contributed by atoms with E-state index < -0.39 is 9.84 Å². The van der Waals surface area contributed by atoms with E-state index in [2.05, 4.69) is 4.98 Å². The number of likely N-dealkylation sites (tertiary alicyclic amines) is 1. The van der Waals surface area contributed by atoms with E-state index in [4.69, 9.17) is 11.6 Å². The number of rotatable bonds is 5. The molecule has 1 fully saturated rings. The summed E-state index contributed by atoms with van der Waals surface area (Å²) in [5.41, 5.74) is 0.639. The molecule has 0 bridgehead atoms. The van der Waals surface area contributed by atoms with Gasteiger partial charge in [0.05, 0.1) is 16.8 Å². The number of nitrogens with one attached hydrogen (secondary N) is 1.